The van der Waals surface area contributed by atoms with E-state index >= 15 is 0 Å². The van der Waals surface area contributed by atoms with Crippen molar-refractivity contribution >= 4 is 11.9 Å². The van der Waals surface area contributed by atoms with Crippen LogP contribution in [0.25, 0.3) is 0 Å². The number of carboxylic acid groups (broad SMARTS) is 1. The second-order valence-corrected chi connectivity index (χ2v) is 5.55. The first kappa shape index (κ1) is 14.5. The molecule has 5 heteroatoms. The molecule has 1 aliphatic rings. The number of amides is 1. The summed E-state index contributed by atoms with van der Waals surface area (Å²) in [4.78, 5) is 29.3. The van der Waals surface area contributed by atoms with Gasteiger partial charge in [0.15, 0.2) is 0 Å². The minimum atomic E-state index is -0.823. The van der Waals surface area contributed by atoms with E-state index in [4.69, 9.17) is 5.11 Å². The van der Waals surface area contributed by atoms with E-state index in [1.807, 2.05) is 19.9 Å². The third-order valence-corrected chi connectivity index (χ3v) is 3.68. The highest BCUT2D eigenvalue weighted by atomic mass is 16.4. The summed E-state index contributed by atoms with van der Waals surface area (Å²) in [7, 11) is 0. The zero-order chi connectivity index (χ0) is 14.7. The number of pyridine rings is 1. The Kier molecular flexibility index (Phi) is 4.37. The maximum Gasteiger partial charge on any atom is 0.308 e. The molecular weight excluding hydrogens is 256 g/mol. The monoisotopic (exact) mass is 276 g/mol. The van der Waals surface area contributed by atoms with Crippen LogP contribution >= 0.6 is 0 Å². The summed E-state index contributed by atoms with van der Waals surface area (Å²) < 4.78 is 0. The third kappa shape index (κ3) is 3.15. The summed E-state index contributed by atoms with van der Waals surface area (Å²) in [5.74, 6) is -1.07. The van der Waals surface area contributed by atoms with Crippen LogP contribution in [-0.2, 0) is 4.79 Å². The van der Waals surface area contributed by atoms with E-state index in [2.05, 4.69) is 4.98 Å². The van der Waals surface area contributed by atoms with Gasteiger partial charge >= 0.3 is 5.97 Å². The van der Waals surface area contributed by atoms with Gasteiger partial charge in [-0.3, -0.25) is 14.6 Å². The summed E-state index contributed by atoms with van der Waals surface area (Å²) in [6, 6.07) is 3.63. The molecule has 1 unspecified atom stereocenters. The smallest absolute Gasteiger partial charge is 0.308 e. The molecule has 1 saturated heterocycles. The number of likely N-dealkylation sites (tertiary alicyclic amines) is 1. The lowest BCUT2D eigenvalue weighted by Crippen LogP contribution is -2.42. The van der Waals surface area contributed by atoms with E-state index in [0.29, 0.717) is 31.0 Å². The number of rotatable bonds is 3. The van der Waals surface area contributed by atoms with Gasteiger partial charge in [0, 0.05) is 25.0 Å². The van der Waals surface area contributed by atoms with Gasteiger partial charge in [-0.2, -0.15) is 0 Å². The van der Waals surface area contributed by atoms with Gasteiger partial charge in [-0.1, -0.05) is 13.8 Å². The molecule has 0 aliphatic carbocycles. The largest absolute Gasteiger partial charge is 0.481 e. The highest BCUT2D eigenvalue weighted by Gasteiger charge is 2.28. The van der Waals surface area contributed by atoms with Crippen molar-refractivity contribution in [3.05, 3.63) is 29.6 Å². The molecule has 1 N–H and O–H groups in total. The molecule has 2 rings (SSSR count). The van der Waals surface area contributed by atoms with Crippen LogP contribution in [0.5, 0.6) is 0 Å². The molecule has 1 aromatic rings. The molecular formula is C15H20N2O3. The topological polar surface area (TPSA) is 70.5 Å². The fourth-order valence-electron chi connectivity index (χ4n) is 2.42. The van der Waals surface area contributed by atoms with E-state index in [1.54, 1.807) is 17.2 Å². The van der Waals surface area contributed by atoms with Crippen molar-refractivity contribution in [3.63, 3.8) is 0 Å². The second kappa shape index (κ2) is 6.03. The number of carboxylic acids is 1. The third-order valence-electron chi connectivity index (χ3n) is 3.68. The zero-order valence-electron chi connectivity index (χ0n) is 11.9. The summed E-state index contributed by atoms with van der Waals surface area (Å²) in [5, 5.41) is 9.06. The van der Waals surface area contributed by atoms with Crippen LogP contribution in [-0.4, -0.2) is 40.0 Å². The summed E-state index contributed by atoms with van der Waals surface area (Å²) in [5.41, 5.74) is 1.48. The van der Waals surface area contributed by atoms with E-state index in [9.17, 15) is 9.59 Å². The molecule has 0 aromatic carbocycles. The average Bonchev–Trinajstić information content (AvgIpc) is 2.46. The number of aliphatic carboxylic acids is 1. The highest BCUT2D eigenvalue weighted by Crippen LogP contribution is 2.19. The van der Waals surface area contributed by atoms with Gasteiger partial charge in [0.2, 0.25) is 0 Å². The molecule has 0 saturated carbocycles. The van der Waals surface area contributed by atoms with Gasteiger partial charge in [0.05, 0.1) is 11.5 Å². The van der Waals surface area contributed by atoms with Crippen molar-refractivity contribution in [1.82, 2.24) is 9.88 Å². The lowest BCUT2D eigenvalue weighted by molar-refractivity contribution is -0.143. The standard InChI is InChI=1S/C15H20N2O3/c1-10(2)13-6-5-11(8-16-13)14(18)17-7-3-4-12(9-17)15(19)20/h5-6,8,10,12H,3-4,7,9H2,1-2H3,(H,19,20). The minimum Gasteiger partial charge on any atom is -0.481 e. The number of hydrogen-bond donors (Lipinski definition) is 1. The molecule has 1 amide bonds. The Labute approximate surface area is 118 Å². The lowest BCUT2D eigenvalue weighted by atomic mass is 9.97. The summed E-state index contributed by atoms with van der Waals surface area (Å²) >= 11 is 0. The Bertz CT molecular complexity index is 496. The van der Waals surface area contributed by atoms with Crippen LogP contribution in [0.3, 0.4) is 0 Å². The van der Waals surface area contributed by atoms with Crippen molar-refractivity contribution in [2.24, 2.45) is 5.92 Å². The van der Waals surface area contributed by atoms with Gasteiger partial charge in [-0.15, -0.1) is 0 Å². The molecule has 1 aliphatic heterocycles. The van der Waals surface area contributed by atoms with Crippen molar-refractivity contribution in [2.45, 2.75) is 32.6 Å². The van der Waals surface area contributed by atoms with Gasteiger partial charge in [-0.25, -0.2) is 0 Å². The Morgan fingerprint density at radius 3 is 2.70 bits per heavy atom. The van der Waals surface area contributed by atoms with Crippen molar-refractivity contribution in [3.8, 4) is 0 Å². The van der Waals surface area contributed by atoms with Crippen molar-refractivity contribution < 1.29 is 14.7 Å². The molecule has 20 heavy (non-hydrogen) atoms. The van der Waals surface area contributed by atoms with Crippen LogP contribution in [0, 0.1) is 5.92 Å². The molecule has 0 bridgehead atoms. The van der Waals surface area contributed by atoms with Crippen LogP contribution < -0.4 is 0 Å². The Hall–Kier alpha value is -1.91. The summed E-state index contributed by atoms with van der Waals surface area (Å²) in [6.07, 6.45) is 2.96. The molecule has 1 atom stereocenters. The van der Waals surface area contributed by atoms with Crippen LogP contribution in [0.4, 0.5) is 0 Å². The normalized spacial score (nSPS) is 19.1. The SMILES string of the molecule is CC(C)c1ccc(C(=O)N2CCCC(C(=O)O)C2)cn1. The van der Waals surface area contributed by atoms with E-state index < -0.39 is 11.9 Å². The fraction of sp³-hybridized carbons (Fsp3) is 0.533. The first-order valence-corrected chi connectivity index (χ1v) is 6.97. The van der Waals surface area contributed by atoms with Crippen molar-refractivity contribution in [2.75, 3.05) is 13.1 Å². The van der Waals surface area contributed by atoms with E-state index in [0.717, 1.165) is 12.1 Å². The predicted molar refractivity (Wildman–Crippen MR) is 74.6 cm³/mol. The van der Waals surface area contributed by atoms with Gasteiger partial charge in [0.1, 0.15) is 0 Å². The number of hydrogen-bond acceptors (Lipinski definition) is 3. The quantitative estimate of drug-likeness (QED) is 0.918. The summed E-state index contributed by atoms with van der Waals surface area (Å²) in [6.45, 7) is 5.01. The molecule has 1 fully saturated rings. The Morgan fingerprint density at radius 2 is 2.15 bits per heavy atom. The minimum absolute atomic E-state index is 0.126. The maximum absolute atomic E-state index is 12.3. The van der Waals surface area contributed by atoms with Crippen molar-refractivity contribution in [1.29, 1.82) is 0 Å². The number of piperidine rings is 1. The molecule has 1 aromatic heterocycles. The molecule has 0 spiro atoms. The molecule has 2 heterocycles. The van der Waals surface area contributed by atoms with Crippen LogP contribution in [0.1, 0.15) is 48.7 Å². The van der Waals surface area contributed by atoms with E-state index in [-0.39, 0.29) is 5.91 Å². The van der Waals surface area contributed by atoms with E-state index in [1.165, 1.54) is 0 Å². The van der Waals surface area contributed by atoms with Crippen LogP contribution in [0.15, 0.2) is 18.3 Å². The number of nitrogens with zero attached hydrogens (tertiary/aromatic N) is 2. The van der Waals surface area contributed by atoms with Gasteiger partial charge in [0.25, 0.3) is 5.91 Å². The molecule has 108 valence electrons. The Morgan fingerprint density at radius 1 is 1.40 bits per heavy atom. The first-order valence-electron chi connectivity index (χ1n) is 6.97. The van der Waals surface area contributed by atoms with Gasteiger partial charge in [-0.05, 0) is 30.9 Å². The molecule has 0 radical (unpaired) electrons. The van der Waals surface area contributed by atoms with Crippen LogP contribution in [0.2, 0.25) is 0 Å². The number of carbonyl (C=O) groups excluding carboxylic acids is 1. The number of aromatic nitrogens is 1. The molecule has 5 nitrogen and oxygen atoms in total. The lowest BCUT2D eigenvalue weighted by Gasteiger charge is -2.30. The zero-order valence-corrected chi connectivity index (χ0v) is 11.9. The Balaban J connectivity index is 2.08. The average molecular weight is 276 g/mol. The fourth-order valence-corrected chi connectivity index (χ4v) is 2.42. The van der Waals surface area contributed by atoms with Gasteiger partial charge < -0.3 is 10.0 Å². The number of carbonyl (C=O) groups is 2. The maximum atomic E-state index is 12.3. The highest BCUT2D eigenvalue weighted by molar-refractivity contribution is 5.94. The predicted octanol–water partition coefficient (Wildman–Crippen LogP) is 2.14. The second-order valence-electron chi connectivity index (χ2n) is 5.55. The first-order chi connectivity index (χ1) is 9.49.